The van der Waals surface area contributed by atoms with Gasteiger partial charge in [-0.15, -0.1) is 0 Å². The maximum atomic E-state index is 12.7. The predicted molar refractivity (Wildman–Crippen MR) is 92.7 cm³/mol. The number of halogens is 3. The number of alkyl halides is 3. The van der Waals surface area contributed by atoms with Crippen molar-refractivity contribution >= 4 is 0 Å². The highest BCUT2D eigenvalue weighted by Crippen LogP contribution is 2.30. The third kappa shape index (κ3) is 4.05. The van der Waals surface area contributed by atoms with Crippen molar-refractivity contribution in [2.45, 2.75) is 31.6 Å². The smallest absolute Gasteiger partial charge is 0.435 e. The quantitative estimate of drug-likeness (QED) is 0.677. The molecule has 2 aromatic heterocycles. The van der Waals surface area contributed by atoms with E-state index in [0.717, 1.165) is 43.3 Å². The molecule has 4 rings (SSSR count). The van der Waals surface area contributed by atoms with Crippen molar-refractivity contribution in [1.29, 1.82) is 0 Å². The minimum atomic E-state index is -4.39. The highest BCUT2D eigenvalue weighted by Gasteiger charge is 2.34. The first-order valence-corrected chi connectivity index (χ1v) is 8.83. The largest absolute Gasteiger partial charge is 0.444 e. The first-order chi connectivity index (χ1) is 13.0. The van der Waals surface area contributed by atoms with Crippen molar-refractivity contribution in [3.05, 3.63) is 60.2 Å². The van der Waals surface area contributed by atoms with Crippen molar-refractivity contribution < 1.29 is 17.6 Å². The molecule has 0 aliphatic carbocycles. The Morgan fingerprint density at radius 3 is 2.48 bits per heavy atom. The Balaban J connectivity index is 1.34. The van der Waals surface area contributed by atoms with Crippen LogP contribution in [0.25, 0.3) is 11.5 Å². The number of likely N-dealkylation sites (tertiary alicyclic amines) is 1. The van der Waals surface area contributed by atoms with Crippen LogP contribution in [0.1, 0.15) is 30.3 Å². The summed E-state index contributed by atoms with van der Waals surface area (Å²) in [6.07, 6.45) is 0.199. The molecule has 0 amide bonds. The molecule has 0 spiro atoms. The van der Waals surface area contributed by atoms with Gasteiger partial charge in [0.05, 0.1) is 11.7 Å². The van der Waals surface area contributed by atoms with E-state index >= 15 is 0 Å². The fourth-order valence-electron chi connectivity index (χ4n) is 3.36. The highest BCUT2D eigenvalue weighted by molar-refractivity contribution is 5.52. The van der Waals surface area contributed by atoms with Gasteiger partial charge < -0.3 is 4.42 Å². The second-order valence-electron chi connectivity index (χ2n) is 6.70. The summed E-state index contributed by atoms with van der Waals surface area (Å²) in [6.45, 7) is 2.22. The van der Waals surface area contributed by atoms with Crippen molar-refractivity contribution in [1.82, 2.24) is 19.7 Å². The van der Waals surface area contributed by atoms with Gasteiger partial charge in [0.1, 0.15) is 6.26 Å². The summed E-state index contributed by atoms with van der Waals surface area (Å²) in [7, 11) is 0. The summed E-state index contributed by atoms with van der Waals surface area (Å²) >= 11 is 0. The van der Waals surface area contributed by atoms with Gasteiger partial charge in [0.2, 0.25) is 5.89 Å². The van der Waals surface area contributed by atoms with Crippen LogP contribution in [0.4, 0.5) is 13.2 Å². The summed E-state index contributed by atoms with van der Waals surface area (Å²) in [5, 5.41) is 3.70. The van der Waals surface area contributed by atoms with Crippen LogP contribution in [0.3, 0.4) is 0 Å². The van der Waals surface area contributed by atoms with E-state index in [1.54, 1.807) is 6.26 Å². The van der Waals surface area contributed by atoms with Crippen molar-refractivity contribution in [3.8, 4) is 11.5 Å². The van der Waals surface area contributed by atoms with Crippen molar-refractivity contribution in [2.75, 3.05) is 13.1 Å². The molecule has 3 aromatic rings. The molecule has 0 atom stereocenters. The summed E-state index contributed by atoms with van der Waals surface area (Å²) in [5.41, 5.74) is 0.952. The van der Waals surface area contributed by atoms with Gasteiger partial charge >= 0.3 is 6.18 Å². The molecule has 3 heterocycles. The number of aromatic nitrogens is 3. The molecule has 1 aliphatic rings. The van der Waals surface area contributed by atoms with E-state index in [1.165, 1.54) is 10.9 Å². The molecule has 5 nitrogen and oxygen atoms in total. The number of oxazole rings is 1. The Morgan fingerprint density at radius 2 is 1.81 bits per heavy atom. The lowest BCUT2D eigenvalue weighted by Crippen LogP contribution is -2.34. The fraction of sp³-hybridized carbons (Fsp3) is 0.368. The maximum absolute atomic E-state index is 12.7. The van der Waals surface area contributed by atoms with Gasteiger partial charge in [-0.3, -0.25) is 9.58 Å². The zero-order chi connectivity index (χ0) is 18.9. The first kappa shape index (κ1) is 17.8. The topological polar surface area (TPSA) is 47.1 Å². The second-order valence-corrected chi connectivity index (χ2v) is 6.70. The predicted octanol–water partition coefficient (Wildman–Crippen LogP) is 4.39. The number of hydrogen-bond acceptors (Lipinski definition) is 4. The summed E-state index contributed by atoms with van der Waals surface area (Å²) in [6, 6.07) is 10.7. The molecule has 0 unspecified atom stereocenters. The number of hydrogen-bond donors (Lipinski definition) is 0. The molecule has 27 heavy (non-hydrogen) atoms. The first-order valence-electron chi connectivity index (χ1n) is 8.83. The number of piperidine rings is 1. The molecule has 1 aromatic carbocycles. The Kier molecular flexibility index (Phi) is 4.73. The second kappa shape index (κ2) is 7.19. The van der Waals surface area contributed by atoms with Crippen LogP contribution < -0.4 is 0 Å². The lowest BCUT2D eigenvalue weighted by Gasteiger charge is -2.31. The average molecular weight is 376 g/mol. The van der Waals surface area contributed by atoms with Crippen LogP contribution in [0.5, 0.6) is 0 Å². The van der Waals surface area contributed by atoms with Crippen molar-refractivity contribution in [2.24, 2.45) is 0 Å². The minimum Gasteiger partial charge on any atom is -0.444 e. The van der Waals surface area contributed by atoms with Gasteiger partial charge in [0.15, 0.2) is 5.69 Å². The number of rotatable bonds is 4. The van der Waals surface area contributed by atoms with E-state index in [0.29, 0.717) is 12.4 Å². The van der Waals surface area contributed by atoms with E-state index in [-0.39, 0.29) is 6.04 Å². The Labute approximate surface area is 154 Å². The number of nitrogens with zero attached hydrogens (tertiary/aromatic N) is 4. The van der Waals surface area contributed by atoms with E-state index < -0.39 is 11.9 Å². The molecule has 8 heteroatoms. The summed E-state index contributed by atoms with van der Waals surface area (Å²) in [5.74, 6) is 0.594. The van der Waals surface area contributed by atoms with Crippen molar-refractivity contribution in [3.63, 3.8) is 0 Å². The molecule has 1 fully saturated rings. The van der Waals surface area contributed by atoms with Crippen LogP contribution in [0.2, 0.25) is 0 Å². The van der Waals surface area contributed by atoms with Gasteiger partial charge in [-0.1, -0.05) is 18.2 Å². The van der Waals surface area contributed by atoms with Crippen LogP contribution in [-0.2, 0) is 12.7 Å². The molecular weight excluding hydrogens is 357 g/mol. The zero-order valence-corrected chi connectivity index (χ0v) is 14.6. The van der Waals surface area contributed by atoms with E-state index in [2.05, 4.69) is 15.0 Å². The van der Waals surface area contributed by atoms with Gasteiger partial charge in [-0.2, -0.15) is 18.3 Å². The Morgan fingerprint density at radius 1 is 1.07 bits per heavy atom. The normalized spacial score (nSPS) is 16.7. The average Bonchev–Trinajstić information content (AvgIpc) is 3.33. The molecule has 1 aliphatic heterocycles. The molecular formula is C19H19F3N4O. The minimum absolute atomic E-state index is 0.00506. The molecule has 142 valence electrons. The number of benzene rings is 1. The highest BCUT2D eigenvalue weighted by atomic mass is 19.4. The monoisotopic (exact) mass is 376 g/mol. The van der Waals surface area contributed by atoms with E-state index in [4.69, 9.17) is 4.42 Å². The third-order valence-electron chi connectivity index (χ3n) is 4.79. The summed E-state index contributed by atoms with van der Waals surface area (Å²) in [4.78, 5) is 6.76. The lowest BCUT2D eigenvalue weighted by atomic mass is 10.1. The van der Waals surface area contributed by atoms with Gasteiger partial charge in [0.25, 0.3) is 0 Å². The lowest BCUT2D eigenvalue weighted by molar-refractivity contribution is -0.141. The van der Waals surface area contributed by atoms with Gasteiger partial charge in [-0.25, -0.2) is 4.98 Å². The van der Waals surface area contributed by atoms with Gasteiger partial charge in [-0.05, 0) is 31.0 Å². The molecule has 0 bridgehead atoms. The van der Waals surface area contributed by atoms with Crippen LogP contribution in [-0.4, -0.2) is 32.8 Å². The standard InChI is InChI=1S/C19H19F3N4O/c20-19(21,22)17-8-11-26(24-17)16-6-9-25(10-7-16)12-15-13-27-18(23-15)14-4-2-1-3-5-14/h1-5,8,11,13,16H,6-7,9-10,12H2. The molecule has 0 saturated carbocycles. The van der Waals surface area contributed by atoms with Gasteiger partial charge in [0, 0.05) is 31.4 Å². The summed E-state index contributed by atoms with van der Waals surface area (Å²) < 4.78 is 45.1. The fourth-order valence-corrected chi connectivity index (χ4v) is 3.36. The molecule has 1 saturated heterocycles. The van der Waals surface area contributed by atoms with E-state index in [9.17, 15) is 13.2 Å². The Hall–Kier alpha value is -2.61. The maximum Gasteiger partial charge on any atom is 0.435 e. The van der Waals surface area contributed by atoms with Crippen LogP contribution in [0, 0.1) is 0 Å². The van der Waals surface area contributed by atoms with E-state index in [1.807, 2.05) is 30.3 Å². The van der Waals surface area contributed by atoms with Crippen LogP contribution >= 0.6 is 0 Å². The Bertz CT molecular complexity index is 880. The zero-order valence-electron chi connectivity index (χ0n) is 14.6. The molecule has 0 N–H and O–H groups in total. The SMILES string of the molecule is FC(F)(F)c1ccn(C2CCN(Cc3coc(-c4ccccc4)n3)CC2)n1. The van der Waals surface area contributed by atoms with Crippen LogP contribution in [0.15, 0.2) is 53.3 Å². The third-order valence-corrected chi connectivity index (χ3v) is 4.79. The molecule has 0 radical (unpaired) electrons.